The van der Waals surface area contributed by atoms with Crippen LogP contribution < -0.4 is 11.1 Å². The van der Waals surface area contributed by atoms with Gasteiger partial charge in [0, 0.05) is 31.4 Å². The third-order valence-corrected chi connectivity index (χ3v) is 6.56. The zero-order valence-corrected chi connectivity index (χ0v) is 22.4. The van der Waals surface area contributed by atoms with Crippen molar-refractivity contribution >= 4 is 17.7 Å². The molecular weight excluding hydrogens is 476 g/mol. The van der Waals surface area contributed by atoms with Crippen LogP contribution >= 0.6 is 0 Å². The SMILES string of the molecule is CO[C@H]1C=C/C=C(\C)C(=O)Nc2ccc(O)c(c2)C[C@@H](C)C[C@H](OC)[C@H](O)[C@@H](C)/C=C(\C)[C@@H]1OC(N)=O. The molecule has 9 heteroatoms. The van der Waals surface area contributed by atoms with Crippen molar-refractivity contribution in [1.82, 2.24) is 0 Å². The number of carbonyl (C=O) groups is 2. The highest BCUT2D eigenvalue weighted by molar-refractivity contribution is 6.03. The second-order valence-electron chi connectivity index (χ2n) is 9.67. The number of aliphatic hydroxyl groups is 1. The number of benzene rings is 1. The van der Waals surface area contributed by atoms with Gasteiger partial charge in [-0.3, -0.25) is 4.79 Å². The molecule has 0 saturated carbocycles. The Morgan fingerprint density at radius 3 is 2.49 bits per heavy atom. The maximum Gasteiger partial charge on any atom is 0.405 e. The minimum Gasteiger partial charge on any atom is -0.508 e. The number of amides is 2. The molecule has 0 radical (unpaired) electrons. The summed E-state index contributed by atoms with van der Waals surface area (Å²) in [5.41, 5.74) is 7.65. The molecule has 2 rings (SSSR count). The van der Waals surface area contributed by atoms with Gasteiger partial charge in [-0.15, -0.1) is 0 Å². The summed E-state index contributed by atoms with van der Waals surface area (Å²) in [7, 11) is 3.02. The lowest BCUT2D eigenvalue weighted by molar-refractivity contribution is -0.112. The number of rotatable bonds is 3. The number of nitrogens with two attached hydrogens (primary N) is 1. The minimum atomic E-state index is -0.959. The molecule has 0 spiro atoms. The molecule has 0 unspecified atom stereocenters. The van der Waals surface area contributed by atoms with Crippen LogP contribution in [0.5, 0.6) is 5.75 Å². The Bertz CT molecular complexity index is 1030. The fourth-order valence-corrected chi connectivity index (χ4v) is 4.47. The molecule has 1 aromatic rings. The van der Waals surface area contributed by atoms with E-state index in [9.17, 15) is 19.8 Å². The molecule has 0 aliphatic carbocycles. The number of ether oxygens (including phenoxy) is 3. The Morgan fingerprint density at radius 1 is 1.16 bits per heavy atom. The number of allylic oxidation sites excluding steroid dienone is 2. The second-order valence-corrected chi connectivity index (χ2v) is 9.67. The molecule has 1 aromatic carbocycles. The third kappa shape index (κ3) is 8.73. The van der Waals surface area contributed by atoms with Gasteiger partial charge in [-0.1, -0.05) is 38.2 Å². The number of hydrogen-bond acceptors (Lipinski definition) is 7. The second kappa shape index (κ2) is 14.0. The molecule has 9 nitrogen and oxygen atoms in total. The van der Waals surface area contributed by atoms with Crippen LogP contribution in [0.2, 0.25) is 0 Å². The van der Waals surface area contributed by atoms with E-state index in [0.29, 0.717) is 35.2 Å². The Balaban J connectivity index is 2.53. The lowest BCUT2D eigenvalue weighted by Gasteiger charge is -2.29. The summed E-state index contributed by atoms with van der Waals surface area (Å²) in [5, 5.41) is 24.3. The van der Waals surface area contributed by atoms with E-state index in [1.165, 1.54) is 7.11 Å². The molecule has 2 amide bonds. The van der Waals surface area contributed by atoms with Gasteiger partial charge in [0.15, 0.2) is 6.10 Å². The first-order chi connectivity index (χ1) is 17.5. The molecule has 1 aliphatic rings. The molecule has 0 saturated heterocycles. The topological polar surface area (TPSA) is 140 Å². The van der Waals surface area contributed by atoms with Crippen LogP contribution in [0.1, 0.15) is 39.7 Å². The van der Waals surface area contributed by atoms with E-state index in [1.807, 2.05) is 19.9 Å². The molecule has 0 aromatic heterocycles. The first-order valence-electron chi connectivity index (χ1n) is 12.3. The fraction of sp³-hybridized carbons (Fsp3) is 0.500. The van der Waals surface area contributed by atoms with Gasteiger partial charge in [0.2, 0.25) is 0 Å². The first-order valence-corrected chi connectivity index (χ1v) is 12.3. The van der Waals surface area contributed by atoms with Gasteiger partial charge in [-0.05, 0) is 61.9 Å². The Kier molecular flexibility index (Phi) is 11.4. The van der Waals surface area contributed by atoms with Crippen molar-refractivity contribution in [2.24, 2.45) is 17.6 Å². The van der Waals surface area contributed by atoms with E-state index in [0.717, 1.165) is 0 Å². The van der Waals surface area contributed by atoms with Gasteiger partial charge < -0.3 is 35.5 Å². The Morgan fingerprint density at radius 2 is 1.86 bits per heavy atom. The van der Waals surface area contributed by atoms with Crippen LogP contribution in [-0.2, 0) is 25.4 Å². The largest absolute Gasteiger partial charge is 0.508 e. The summed E-state index contributed by atoms with van der Waals surface area (Å²) < 4.78 is 16.5. The number of fused-ring (bicyclic) bond motifs is 2. The van der Waals surface area contributed by atoms with E-state index in [4.69, 9.17) is 19.9 Å². The van der Waals surface area contributed by atoms with Crippen molar-refractivity contribution in [3.63, 3.8) is 0 Å². The summed E-state index contributed by atoms with van der Waals surface area (Å²) in [6.45, 7) is 7.30. The number of phenols is 1. The molecule has 1 heterocycles. The van der Waals surface area contributed by atoms with Gasteiger partial charge in [-0.2, -0.15) is 0 Å². The van der Waals surface area contributed by atoms with Crippen molar-refractivity contribution in [3.8, 4) is 5.75 Å². The monoisotopic (exact) mass is 516 g/mol. The van der Waals surface area contributed by atoms with Gasteiger partial charge in [-0.25, -0.2) is 4.79 Å². The molecule has 37 heavy (non-hydrogen) atoms. The molecule has 204 valence electrons. The molecular formula is C28H40N2O7. The highest BCUT2D eigenvalue weighted by Crippen LogP contribution is 2.28. The standard InChI is InChI=1S/C28H40N2O7/c1-16-12-20-15-21(10-11-22(20)31)30-27(33)17(2)8-7-9-23(35-5)26(37-28(29)34)19(4)14-18(3)25(32)24(13-16)36-6/h7-11,14-16,18,23-26,31-32H,12-13H2,1-6H3,(H2,29,34)(H,30,33)/b9-7?,17-8+,19-14+/t16-,18+,23+,24+,25-,26+/m1/s1. The number of hydrogen-bond donors (Lipinski definition) is 4. The molecule has 5 N–H and O–H groups in total. The maximum atomic E-state index is 12.7. The van der Waals surface area contributed by atoms with Crippen molar-refractivity contribution in [1.29, 1.82) is 0 Å². The number of anilines is 1. The summed E-state index contributed by atoms with van der Waals surface area (Å²) >= 11 is 0. The zero-order chi connectivity index (χ0) is 27.7. The van der Waals surface area contributed by atoms with E-state index >= 15 is 0 Å². The average Bonchev–Trinajstić information content (AvgIpc) is 2.84. The lowest BCUT2D eigenvalue weighted by Crippen LogP contribution is -2.37. The molecule has 6 atom stereocenters. The zero-order valence-electron chi connectivity index (χ0n) is 22.4. The quantitative estimate of drug-likeness (QED) is 0.353. The van der Waals surface area contributed by atoms with Crippen molar-refractivity contribution < 1.29 is 34.0 Å². The number of methoxy groups -OCH3 is 2. The lowest BCUT2D eigenvalue weighted by atomic mass is 9.88. The summed E-state index contributed by atoms with van der Waals surface area (Å²) in [6.07, 6.45) is 3.95. The number of primary amides is 1. The smallest absolute Gasteiger partial charge is 0.405 e. The Hall–Kier alpha value is -3.14. The minimum absolute atomic E-state index is 0.0467. The average molecular weight is 517 g/mol. The Labute approximate surface area is 219 Å². The predicted octanol–water partition coefficient (Wildman–Crippen LogP) is 3.85. The van der Waals surface area contributed by atoms with Gasteiger partial charge in [0.1, 0.15) is 11.9 Å². The maximum absolute atomic E-state index is 12.7. The first kappa shape index (κ1) is 30.1. The van der Waals surface area contributed by atoms with Gasteiger partial charge >= 0.3 is 6.09 Å². The van der Waals surface area contributed by atoms with E-state index < -0.39 is 30.5 Å². The molecule has 2 bridgehead atoms. The third-order valence-electron chi connectivity index (χ3n) is 6.56. The van der Waals surface area contributed by atoms with Crippen LogP contribution in [0, 0.1) is 11.8 Å². The summed E-state index contributed by atoms with van der Waals surface area (Å²) in [4.78, 5) is 24.4. The van der Waals surface area contributed by atoms with Crippen LogP contribution in [0.25, 0.3) is 0 Å². The number of nitrogens with one attached hydrogen (secondary N) is 1. The van der Waals surface area contributed by atoms with E-state index in [2.05, 4.69) is 5.32 Å². The number of aromatic hydroxyl groups is 1. The van der Waals surface area contributed by atoms with Crippen molar-refractivity contribution in [3.05, 3.63) is 59.2 Å². The van der Waals surface area contributed by atoms with Crippen LogP contribution in [0.15, 0.2) is 53.6 Å². The van der Waals surface area contributed by atoms with E-state index in [-0.39, 0.29) is 23.5 Å². The predicted molar refractivity (Wildman–Crippen MR) is 142 cm³/mol. The number of carbonyl (C=O) groups excluding carboxylic acids is 2. The number of phenolic OH excluding ortho intramolecular Hbond substituents is 1. The van der Waals surface area contributed by atoms with Crippen molar-refractivity contribution in [2.75, 3.05) is 19.5 Å². The van der Waals surface area contributed by atoms with Gasteiger partial charge in [0.25, 0.3) is 5.91 Å². The number of aliphatic hydroxyl groups excluding tert-OH is 1. The summed E-state index contributed by atoms with van der Waals surface area (Å²) in [5.74, 6) is -0.469. The molecule has 0 fully saturated rings. The fourth-order valence-electron chi connectivity index (χ4n) is 4.47. The molecule has 1 aliphatic heterocycles. The van der Waals surface area contributed by atoms with Crippen LogP contribution in [0.3, 0.4) is 0 Å². The highest BCUT2D eigenvalue weighted by Gasteiger charge is 2.29. The normalized spacial score (nSPS) is 30.9. The van der Waals surface area contributed by atoms with Crippen LogP contribution in [-0.4, -0.2) is 60.8 Å². The van der Waals surface area contributed by atoms with Crippen LogP contribution in [0.4, 0.5) is 10.5 Å². The highest BCUT2D eigenvalue weighted by atomic mass is 16.6. The summed E-state index contributed by atoms with van der Waals surface area (Å²) in [6, 6.07) is 4.94. The van der Waals surface area contributed by atoms with Crippen molar-refractivity contribution in [2.45, 2.75) is 65.0 Å². The van der Waals surface area contributed by atoms with Gasteiger partial charge in [0.05, 0.1) is 12.2 Å². The van der Waals surface area contributed by atoms with E-state index in [1.54, 1.807) is 57.4 Å².